The molecule has 1 aliphatic rings. The van der Waals surface area contributed by atoms with E-state index < -0.39 is 10.0 Å². The first kappa shape index (κ1) is 13.4. The fourth-order valence-electron chi connectivity index (χ4n) is 2.20. The van der Waals surface area contributed by atoms with Crippen molar-refractivity contribution in [1.82, 2.24) is 19.6 Å². The second-order valence-electron chi connectivity index (χ2n) is 4.76. The van der Waals surface area contributed by atoms with Crippen LogP contribution in [0.1, 0.15) is 17.8 Å². The zero-order valence-corrected chi connectivity index (χ0v) is 11.4. The summed E-state index contributed by atoms with van der Waals surface area (Å²) in [4.78, 5) is 10.5. The molecular weight excluding hydrogens is 252 g/mol. The molecule has 1 N–H and O–H groups in total. The maximum atomic E-state index is 11.1. The monoisotopic (exact) mass is 270 g/mol. The van der Waals surface area contributed by atoms with Crippen molar-refractivity contribution in [2.75, 3.05) is 19.3 Å². The number of aryl methyl sites for hydroxylation is 1. The van der Waals surface area contributed by atoms with Crippen LogP contribution in [0.4, 0.5) is 0 Å². The molecule has 1 saturated heterocycles. The Morgan fingerprint density at radius 1 is 1.50 bits per heavy atom. The number of sulfonamides is 1. The normalized spacial score (nSPS) is 21.3. The van der Waals surface area contributed by atoms with Crippen LogP contribution in [0.3, 0.4) is 0 Å². The van der Waals surface area contributed by atoms with Gasteiger partial charge in [0, 0.05) is 31.4 Å². The van der Waals surface area contributed by atoms with Gasteiger partial charge in [-0.25, -0.2) is 23.1 Å². The highest BCUT2D eigenvalue weighted by Gasteiger charge is 2.24. The lowest BCUT2D eigenvalue weighted by molar-refractivity contribution is 0.320. The van der Waals surface area contributed by atoms with Crippen LogP contribution in [-0.4, -0.2) is 48.7 Å². The quantitative estimate of drug-likeness (QED) is 0.827. The predicted octanol–water partition coefficient (Wildman–Crippen LogP) is -0.0915. The predicted molar refractivity (Wildman–Crippen MR) is 68.4 cm³/mol. The lowest BCUT2D eigenvalue weighted by atomic mass is 10.3. The maximum Gasteiger partial charge on any atom is 0.208 e. The van der Waals surface area contributed by atoms with E-state index in [1.807, 2.05) is 13.0 Å². The topological polar surface area (TPSA) is 75.2 Å². The molecule has 0 aromatic carbocycles. The zero-order valence-electron chi connectivity index (χ0n) is 10.6. The number of hydrogen-bond donors (Lipinski definition) is 1. The van der Waals surface area contributed by atoms with E-state index in [4.69, 9.17) is 0 Å². The van der Waals surface area contributed by atoms with Gasteiger partial charge in [0.05, 0.1) is 11.9 Å². The summed E-state index contributed by atoms with van der Waals surface area (Å²) in [5.41, 5.74) is 1.92. The number of likely N-dealkylation sites (tertiary alicyclic amines) is 1. The largest absolute Gasteiger partial charge is 0.296 e. The molecule has 0 amide bonds. The summed E-state index contributed by atoms with van der Waals surface area (Å²) in [6.45, 7) is 4.29. The Kier molecular flexibility index (Phi) is 3.94. The second-order valence-corrected chi connectivity index (χ2v) is 6.54. The minimum atomic E-state index is -3.11. The first-order chi connectivity index (χ1) is 8.42. The number of rotatable bonds is 4. The fraction of sp³-hybridized carbons (Fsp3) is 0.636. The van der Waals surface area contributed by atoms with E-state index >= 15 is 0 Å². The van der Waals surface area contributed by atoms with Crippen LogP contribution in [0.2, 0.25) is 0 Å². The highest BCUT2D eigenvalue weighted by molar-refractivity contribution is 7.88. The van der Waals surface area contributed by atoms with Gasteiger partial charge >= 0.3 is 0 Å². The number of aromatic nitrogens is 2. The van der Waals surface area contributed by atoms with Crippen LogP contribution >= 0.6 is 0 Å². The van der Waals surface area contributed by atoms with E-state index in [-0.39, 0.29) is 6.04 Å². The number of hydrogen-bond acceptors (Lipinski definition) is 5. The Labute approximate surface area is 107 Å². The highest BCUT2D eigenvalue weighted by Crippen LogP contribution is 2.13. The molecule has 18 heavy (non-hydrogen) atoms. The summed E-state index contributed by atoms with van der Waals surface area (Å²) in [6, 6.07) is 1.97. The molecule has 6 nitrogen and oxygen atoms in total. The fourth-order valence-corrected chi connectivity index (χ4v) is 3.00. The molecule has 1 aromatic rings. The van der Waals surface area contributed by atoms with Crippen LogP contribution in [0.5, 0.6) is 0 Å². The summed E-state index contributed by atoms with van der Waals surface area (Å²) in [5, 5.41) is 0. The van der Waals surface area contributed by atoms with Gasteiger partial charge < -0.3 is 0 Å². The molecule has 0 spiro atoms. The molecule has 0 aliphatic carbocycles. The molecule has 2 rings (SSSR count). The summed E-state index contributed by atoms with van der Waals surface area (Å²) < 4.78 is 24.9. The van der Waals surface area contributed by atoms with Crippen molar-refractivity contribution in [3.05, 3.63) is 23.8 Å². The first-order valence-electron chi connectivity index (χ1n) is 5.89. The minimum absolute atomic E-state index is 0.0166. The molecule has 100 valence electrons. The highest BCUT2D eigenvalue weighted by atomic mass is 32.2. The molecule has 1 unspecified atom stereocenters. The van der Waals surface area contributed by atoms with E-state index in [9.17, 15) is 8.42 Å². The summed E-state index contributed by atoms with van der Waals surface area (Å²) in [6.07, 6.45) is 3.60. The molecule has 1 fully saturated rings. The Balaban J connectivity index is 1.90. The molecule has 0 bridgehead atoms. The SMILES string of the molecule is Cc1cc(CN2CCC(NS(C)(=O)=O)C2)ncn1. The Hall–Kier alpha value is -1.05. The second kappa shape index (κ2) is 5.29. The first-order valence-corrected chi connectivity index (χ1v) is 7.79. The average molecular weight is 270 g/mol. The van der Waals surface area contributed by atoms with Crippen LogP contribution in [-0.2, 0) is 16.6 Å². The van der Waals surface area contributed by atoms with E-state index in [0.29, 0.717) is 0 Å². The van der Waals surface area contributed by atoms with Gasteiger partial charge in [-0.1, -0.05) is 0 Å². The van der Waals surface area contributed by atoms with Crippen molar-refractivity contribution in [2.45, 2.75) is 25.9 Å². The Bertz CT molecular complexity index is 518. The number of nitrogens with one attached hydrogen (secondary N) is 1. The smallest absolute Gasteiger partial charge is 0.208 e. The standard InChI is InChI=1S/C11H18N4O2S/c1-9-5-11(13-8-12-9)7-15-4-3-10(6-15)14-18(2,16)17/h5,8,10,14H,3-4,6-7H2,1-2H3. The maximum absolute atomic E-state index is 11.1. The zero-order chi connectivity index (χ0) is 13.2. The van der Waals surface area contributed by atoms with Crippen molar-refractivity contribution in [1.29, 1.82) is 0 Å². The molecule has 7 heteroatoms. The van der Waals surface area contributed by atoms with Crippen LogP contribution in [0.25, 0.3) is 0 Å². The lowest BCUT2D eigenvalue weighted by Crippen LogP contribution is -2.36. The van der Waals surface area contributed by atoms with Gasteiger partial charge in [0.25, 0.3) is 0 Å². The summed E-state index contributed by atoms with van der Waals surface area (Å²) in [7, 11) is -3.11. The third-order valence-electron chi connectivity index (χ3n) is 2.90. The average Bonchev–Trinajstić information content (AvgIpc) is 2.62. The van der Waals surface area contributed by atoms with Gasteiger partial charge in [-0.05, 0) is 19.4 Å². The molecule has 2 heterocycles. The third-order valence-corrected chi connectivity index (χ3v) is 3.66. The number of nitrogens with zero attached hydrogens (tertiary/aromatic N) is 3. The van der Waals surface area contributed by atoms with Gasteiger partial charge in [0.1, 0.15) is 6.33 Å². The van der Waals surface area contributed by atoms with Gasteiger partial charge in [0.2, 0.25) is 10.0 Å². The van der Waals surface area contributed by atoms with Gasteiger partial charge in [-0.15, -0.1) is 0 Å². The summed E-state index contributed by atoms with van der Waals surface area (Å²) in [5.74, 6) is 0. The summed E-state index contributed by atoms with van der Waals surface area (Å²) >= 11 is 0. The van der Waals surface area contributed by atoms with Crippen molar-refractivity contribution >= 4 is 10.0 Å². The van der Waals surface area contributed by atoms with E-state index in [2.05, 4.69) is 19.6 Å². The van der Waals surface area contributed by atoms with Crippen molar-refractivity contribution in [3.8, 4) is 0 Å². The van der Waals surface area contributed by atoms with E-state index in [1.165, 1.54) is 6.26 Å². The van der Waals surface area contributed by atoms with Crippen LogP contribution in [0.15, 0.2) is 12.4 Å². The van der Waals surface area contributed by atoms with Crippen molar-refractivity contribution in [3.63, 3.8) is 0 Å². The van der Waals surface area contributed by atoms with Crippen LogP contribution < -0.4 is 4.72 Å². The molecule has 1 atom stereocenters. The Morgan fingerprint density at radius 3 is 2.94 bits per heavy atom. The van der Waals surface area contributed by atoms with Crippen LogP contribution in [0, 0.1) is 6.92 Å². The Morgan fingerprint density at radius 2 is 2.28 bits per heavy atom. The van der Waals surface area contributed by atoms with Crippen molar-refractivity contribution < 1.29 is 8.42 Å². The molecule has 1 aliphatic heterocycles. The molecular formula is C11H18N4O2S. The van der Waals surface area contributed by atoms with E-state index in [1.54, 1.807) is 6.33 Å². The van der Waals surface area contributed by atoms with E-state index in [0.717, 1.165) is 37.4 Å². The van der Waals surface area contributed by atoms with Gasteiger partial charge in [0.15, 0.2) is 0 Å². The third kappa shape index (κ3) is 4.01. The lowest BCUT2D eigenvalue weighted by Gasteiger charge is -2.15. The molecule has 1 aromatic heterocycles. The van der Waals surface area contributed by atoms with Gasteiger partial charge in [-0.2, -0.15) is 0 Å². The van der Waals surface area contributed by atoms with Crippen molar-refractivity contribution in [2.24, 2.45) is 0 Å². The minimum Gasteiger partial charge on any atom is -0.296 e. The molecule has 0 radical (unpaired) electrons. The van der Waals surface area contributed by atoms with Gasteiger partial charge in [-0.3, -0.25) is 4.90 Å². The molecule has 0 saturated carbocycles.